The number of nitrogens with zero attached hydrogens (tertiary/aromatic N) is 1. The van der Waals surface area contributed by atoms with Crippen LogP contribution in [0.3, 0.4) is 0 Å². The van der Waals surface area contributed by atoms with E-state index in [1.54, 1.807) is 4.90 Å². The van der Waals surface area contributed by atoms with Gasteiger partial charge in [0, 0.05) is 12.1 Å². The minimum Gasteiger partial charge on any atom is -0.368 e. The Bertz CT molecular complexity index is 981. The molecule has 1 atom stereocenters. The fourth-order valence-corrected chi connectivity index (χ4v) is 3.63. The highest BCUT2D eigenvalue weighted by atomic mass is 16.2. The third-order valence-electron chi connectivity index (χ3n) is 4.99. The van der Waals surface area contributed by atoms with Gasteiger partial charge in [0.25, 0.3) is 0 Å². The van der Waals surface area contributed by atoms with Crippen molar-refractivity contribution >= 4 is 17.5 Å². The van der Waals surface area contributed by atoms with Crippen LogP contribution in [-0.4, -0.2) is 17.9 Å². The number of carbonyl (C=O) groups is 2. The van der Waals surface area contributed by atoms with Crippen LogP contribution in [0.25, 0.3) is 11.1 Å². The van der Waals surface area contributed by atoms with E-state index in [1.807, 2.05) is 66.7 Å². The van der Waals surface area contributed by atoms with Crippen molar-refractivity contribution in [3.05, 3.63) is 90.0 Å². The zero-order valence-corrected chi connectivity index (χ0v) is 14.8. The summed E-state index contributed by atoms with van der Waals surface area (Å²) in [5.41, 5.74) is 10.5. The first-order valence-electron chi connectivity index (χ1n) is 8.97. The average molecular weight is 356 g/mol. The van der Waals surface area contributed by atoms with Gasteiger partial charge in [-0.05, 0) is 28.3 Å². The molecule has 3 aromatic carbocycles. The Morgan fingerprint density at radius 3 is 2.19 bits per heavy atom. The SMILES string of the molecule is NC(=O)C1Cc2ccccc2N1C(=O)Cc1ccc(-c2ccccc2)cc1. The summed E-state index contributed by atoms with van der Waals surface area (Å²) in [4.78, 5) is 26.4. The van der Waals surface area contributed by atoms with Gasteiger partial charge < -0.3 is 5.73 Å². The molecule has 1 aliphatic heterocycles. The van der Waals surface area contributed by atoms with Gasteiger partial charge in [0.15, 0.2) is 0 Å². The molecule has 0 spiro atoms. The van der Waals surface area contributed by atoms with Gasteiger partial charge in [0.2, 0.25) is 11.8 Å². The van der Waals surface area contributed by atoms with Gasteiger partial charge in [-0.1, -0.05) is 72.8 Å². The summed E-state index contributed by atoms with van der Waals surface area (Å²) in [5, 5.41) is 0. The van der Waals surface area contributed by atoms with Crippen LogP contribution in [0.5, 0.6) is 0 Å². The molecule has 1 unspecified atom stereocenters. The van der Waals surface area contributed by atoms with Crippen LogP contribution < -0.4 is 10.6 Å². The molecule has 1 aliphatic rings. The van der Waals surface area contributed by atoms with E-state index in [2.05, 4.69) is 12.1 Å². The molecule has 4 nitrogen and oxygen atoms in total. The molecule has 0 saturated heterocycles. The summed E-state index contributed by atoms with van der Waals surface area (Å²) in [6.45, 7) is 0. The highest BCUT2D eigenvalue weighted by molar-refractivity contribution is 6.03. The topological polar surface area (TPSA) is 63.4 Å². The number of benzene rings is 3. The highest BCUT2D eigenvalue weighted by Crippen LogP contribution is 2.32. The number of amides is 2. The Balaban J connectivity index is 1.55. The van der Waals surface area contributed by atoms with Crippen molar-refractivity contribution < 1.29 is 9.59 Å². The van der Waals surface area contributed by atoms with Crippen molar-refractivity contribution in [1.29, 1.82) is 0 Å². The molecule has 0 saturated carbocycles. The number of carbonyl (C=O) groups excluding carboxylic acids is 2. The first kappa shape index (κ1) is 17.0. The molecular weight excluding hydrogens is 336 g/mol. The van der Waals surface area contributed by atoms with E-state index < -0.39 is 11.9 Å². The molecule has 27 heavy (non-hydrogen) atoms. The van der Waals surface area contributed by atoms with E-state index in [0.29, 0.717) is 6.42 Å². The maximum atomic E-state index is 13.0. The van der Waals surface area contributed by atoms with Gasteiger partial charge in [0.05, 0.1) is 6.42 Å². The van der Waals surface area contributed by atoms with E-state index in [9.17, 15) is 9.59 Å². The van der Waals surface area contributed by atoms with Crippen LogP contribution >= 0.6 is 0 Å². The number of hydrogen-bond acceptors (Lipinski definition) is 2. The van der Waals surface area contributed by atoms with Crippen LogP contribution in [0, 0.1) is 0 Å². The summed E-state index contributed by atoms with van der Waals surface area (Å²) in [6.07, 6.45) is 0.706. The fourth-order valence-electron chi connectivity index (χ4n) is 3.63. The van der Waals surface area contributed by atoms with Crippen molar-refractivity contribution in [3.8, 4) is 11.1 Å². The van der Waals surface area contributed by atoms with Gasteiger partial charge in [-0.2, -0.15) is 0 Å². The molecule has 4 rings (SSSR count). The summed E-state index contributed by atoms with van der Waals surface area (Å²) >= 11 is 0. The quantitative estimate of drug-likeness (QED) is 0.779. The largest absolute Gasteiger partial charge is 0.368 e. The number of fused-ring (bicyclic) bond motifs is 1. The molecule has 134 valence electrons. The first-order valence-corrected chi connectivity index (χ1v) is 8.97. The third kappa shape index (κ3) is 3.34. The first-order chi connectivity index (χ1) is 13.1. The van der Waals surface area contributed by atoms with Crippen molar-refractivity contribution in [2.24, 2.45) is 5.73 Å². The molecule has 2 amide bonds. The molecule has 0 aromatic heterocycles. The zero-order chi connectivity index (χ0) is 18.8. The van der Waals surface area contributed by atoms with Gasteiger partial charge in [0.1, 0.15) is 6.04 Å². The average Bonchev–Trinajstić information content (AvgIpc) is 3.09. The number of nitrogens with two attached hydrogens (primary N) is 1. The van der Waals surface area contributed by atoms with Crippen LogP contribution in [-0.2, 0) is 22.4 Å². The summed E-state index contributed by atoms with van der Waals surface area (Å²) in [5.74, 6) is -0.588. The monoisotopic (exact) mass is 356 g/mol. The molecule has 0 aliphatic carbocycles. The van der Waals surface area contributed by atoms with E-state index >= 15 is 0 Å². The predicted molar refractivity (Wildman–Crippen MR) is 106 cm³/mol. The Labute approximate surface area is 158 Å². The lowest BCUT2D eigenvalue weighted by molar-refractivity contribution is -0.124. The molecule has 0 radical (unpaired) electrons. The number of para-hydroxylation sites is 1. The van der Waals surface area contributed by atoms with Crippen LogP contribution in [0.1, 0.15) is 11.1 Å². The van der Waals surface area contributed by atoms with Crippen molar-refractivity contribution in [1.82, 2.24) is 0 Å². The fraction of sp³-hybridized carbons (Fsp3) is 0.130. The van der Waals surface area contributed by atoms with Crippen LogP contribution in [0.4, 0.5) is 5.69 Å². The summed E-state index contributed by atoms with van der Waals surface area (Å²) in [7, 11) is 0. The predicted octanol–water partition coefficient (Wildman–Crippen LogP) is 3.34. The smallest absolute Gasteiger partial charge is 0.240 e. The van der Waals surface area contributed by atoms with Crippen LogP contribution in [0.15, 0.2) is 78.9 Å². The van der Waals surface area contributed by atoms with E-state index in [-0.39, 0.29) is 12.3 Å². The highest BCUT2D eigenvalue weighted by Gasteiger charge is 2.36. The summed E-state index contributed by atoms with van der Waals surface area (Å²) in [6, 6.07) is 25.0. The molecule has 1 heterocycles. The van der Waals surface area contributed by atoms with Gasteiger partial charge >= 0.3 is 0 Å². The molecule has 2 N–H and O–H groups in total. The lowest BCUT2D eigenvalue weighted by Crippen LogP contribution is -2.46. The Morgan fingerprint density at radius 1 is 0.852 bits per heavy atom. The van der Waals surface area contributed by atoms with Gasteiger partial charge in [-0.15, -0.1) is 0 Å². The number of hydrogen-bond donors (Lipinski definition) is 1. The second-order valence-electron chi connectivity index (χ2n) is 6.75. The van der Waals surface area contributed by atoms with Crippen molar-refractivity contribution in [2.45, 2.75) is 18.9 Å². The maximum Gasteiger partial charge on any atom is 0.240 e. The Kier molecular flexibility index (Phi) is 4.47. The summed E-state index contributed by atoms with van der Waals surface area (Å²) < 4.78 is 0. The Morgan fingerprint density at radius 2 is 1.48 bits per heavy atom. The van der Waals surface area contributed by atoms with E-state index in [0.717, 1.165) is 27.9 Å². The number of primary amides is 1. The van der Waals surface area contributed by atoms with Gasteiger partial charge in [-0.25, -0.2) is 0 Å². The number of anilines is 1. The molecule has 4 heteroatoms. The molecule has 0 bridgehead atoms. The normalized spacial score (nSPS) is 15.4. The zero-order valence-electron chi connectivity index (χ0n) is 14.8. The Hall–Kier alpha value is -3.40. The second-order valence-corrected chi connectivity index (χ2v) is 6.75. The molecule has 3 aromatic rings. The lowest BCUT2D eigenvalue weighted by atomic mass is 10.0. The van der Waals surface area contributed by atoms with E-state index in [1.165, 1.54) is 0 Å². The molecular formula is C23H20N2O2. The van der Waals surface area contributed by atoms with Crippen LogP contribution in [0.2, 0.25) is 0 Å². The van der Waals surface area contributed by atoms with Crippen molar-refractivity contribution in [2.75, 3.05) is 4.90 Å². The molecule has 0 fully saturated rings. The van der Waals surface area contributed by atoms with Gasteiger partial charge in [-0.3, -0.25) is 14.5 Å². The minimum absolute atomic E-state index is 0.115. The third-order valence-corrected chi connectivity index (χ3v) is 4.99. The van der Waals surface area contributed by atoms with E-state index in [4.69, 9.17) is 5.73 Å². The second kappa shape index (κ2) is 7.08. The minimum atomic E-state index is -0.613. The lowest BCUT2D eigenvalue weighted by Gasteiger charge is -2.23. The van der Waals surface area contributed by atoms with Crippen molar-refractivity contribution in [3.63, 3.8) is 0 Å². The standard InChI is InChI=1S/C23H20N2O2/c24-23(27)21-15-19-8-4-5-9-20(19)25(21)22(26)14-16-10-12-18(13-11-16)17-6-2-1-3-7-17/h1-13,21H,14-15H2,(H2,24,27). The number of rotatable bonds is 4. The maximum absolute atomic E-state index is 13.0.